The van der Waals surface area contributed by atoms with E-state index < -0.39 is 26.3 Å². The number of aliphatic hydroxyl groups is 1. The fourth-order valence-corrected chi connectivity index (χ4v) is 3.35. The van der Waals surface area contributed by atoms with Crippen LogP contribution in [0.1, 0.15) is 0 Å². The summed E-state index contributed by atoms with van der Waals surface area (Å²) in [4.78, 5) is 38.5. The van der Waals surface area contributed by atoms with Gasteiger partial charge in [0.05, 0.1) is 19.2 Å². The van der Waals surface area contributed by atoms with Crippen LogP contribution in [-0.4, -0.2) is 143 Å². The van der Waals surface area contributed by atoms with E-state index in [1.54, 1.807) is 14.7 Å². The van der Waals surface area contributed by atoms with Gasteiger partial charge in [-0.3, -0.25) is 29.2 Å². The average molecular weight is 454 g/mol. The van der Waals surface area contributed by atoms with Crippen molar-refractivity contribution in [1.82, 2.24) is 19.6 Å². The molecule has 0 aliphatic carbocycles. The zero-order chi connectivity index (χ0) is 22.5. The summed E-state index contributed by atoms with van der Waals surface area (Å²) in [5, 5.41) is 28.2. The Bertz CT molecular complexity index is 558. The molecule has 1 fully saturated rings. The second kappa shape index (κ2) is 14.7. The van der Waals surface area contributed by atoms with Crippen molar-refractivity contribution in [2.24, 2.45) is 5.73 Å². The molecule has 6 N–H and O–H groups in total. The van der Waals surface area contributed by atoms with Crippen molar-refractivity contribution in [3.05, 3.63) is 0 Å². The molecule has 1 heterocycles. The van der Waals surface area contributed by atoms with E-state index in [2.05, 4.69) is 0 Å². The predicted molar refractivity (Wildman–Crippen MR) is 107 cm³/mol. The summed E-state index contributed by atoms with van der Waals surface area (Å²) >= 11 is 0. The summed E-state index contributed by atoms with van der Waals surface area (Å²) in [6.07, 6.45) is -0.728. The van der Waals surface area contributed by atoms with Gasteiger partial charge in [-0.25, -0.2) is 0 Å². The van der Waals surface area contributed by atoms with Gasteiger partial charge >= 0.3 is 20.2 Å². The van der Waals surface area contributed by atoms with Crippen molar-refractivity contribution in [3.8, 4) is 0 Å². The Hall–Kier alpha value is -1.28. The lowest BCUT2D eigenvalue weighted by Gasteiger charge is -2.33. The first kappa shape index (κ1) is 26.8. The topological polar surface area (TPSA) is 180 Å². The molecule has 0 aromatic heterocycles. The Kier molecular flexibility index (Phi) is 13.1. The van der Waals surface area contributed by atoms with Crippen LogP contribution in [-0.2, 0) is 18.7 Å². The van der Waals surface area contributed by atoms with E-state index in [9.17, 15) is 19.3 Å². The molecule has 0 amide bonds. The number of carbonyl (C=O) groups is 2. The third kappa shape index (κ3) is 12.4. The summed E-state index contributed by atoms with van der Waals surface area (Å²) in [7, 11) is -2.76. The van der Waals surface area contributed by atoms with Crippen molar-refractivity contribution < 1.29 is 38.9 Å². The zero-order valence-electron chi connectivity index (χ0n) is 17.0. The minimum absolute atomic E-state index is 0.0922. The highest BCUT2D eigenvalue weighted by Crippen LogP contribution is 2.14. The zero-order valence-corrected chi connectivity index (χ0v) is 17.9. The molecule has 0 radical (unpaired) electrons. The summed E-state index contributed by atoms with van der Waals surface area (Å²) in [6.45, 7) is 3.26. The molecule has 0 aromatic rings. The van der Waals surface area contributed by atoms with E-state index in [0.717, 1.165) is 0 Å². The van der Waals surface area contributed by atoms with Crippen molar-refractivity contribution in [2.45, 2.75) is 6.10 Å². The Morgan fingerprint density at radius 2 is 1.27 bits per heavy atom. The fourth-order valence-electron chi connectivity index (χ4n) is 3.09. The van der Waals surface area contributed by atoms with Crippen LogP contribution in [0.5, 0.6) is 0 Å². The molecule has 13 nitrogen and oxygen atoms in total. The quantitative estimate of drug-likeness (QED) is 0.216. The van der Waals surface area contributed by atoms with E-state index in [-0.39, 0.29) is 26.4 Å². The van der Waals surface area contributed by atoms with Gasteiger partial charge in [-0.15, -0.1) is 9.42 Å². The highest BCUT2D eigenvalue weighted by Gasteiger charge is 2.22. The maximum atomic E-state index is 11.2. The van der Waals surface area contributed by atoms with Crippen LogP contribution in [0.15, 0.2) is 0 Å². The molecular formula is C16H33N5O8P+. The van der Waals surface area contributed by atoms with E-state index in [1.807, 2.05) is 4.90 Å². The first-order valence-electron chi connectivity index (χ1n) is 9.69. The van der Waals surface area contributed by atoms with Gasteiger partial charge in [-0.05, 0) is 0 Å². The van der Waals surface area contributed by atoms with Gasteiger partial charge in [0.1, 0.15) is 0 Å². The third-order valence-corrected chi connectivity index (χ3v) is 5.08. The van der Waals surface area contributed by atoms with Crippen molar-refractivity contribution in [1.29, 1.82) is 0 Å². The molecule has 30 heavy (non-hydrogen) atoms. The highest BCUT2D eigenvalue weighted by atomic mass is 31.1. The van der Waals surface area contributed by atoms with Crippen LogP contribution < -0.4 is 5.73 Å². The van der Waals surface area contributed by atoms with Gasteiger partial charge in [0.2, 0.25) is 0 Å². The smallest absolute Gasteiger partial charge is 0.480 e. The van der Waals surface area contributed by atoms with E-state index in [1.165, 1.54) is 0 Å². The SMILES string of the molecule is NCC(O)CN1CCN(CO[P+](=O)O)CCN(CC(=O)O)CCN(CC(=O)O)CC1. The molecule has 1 rings (SSSR count). The first-order valence-corrected chi connectivity index (χ1v) is 10.8. The van der Waals surface area contributed by atoms with Gasteiger partial charge in [-0.1, -0.05) is 0 Å². The molecule has 1 aliphatic heterocycles. The summed E-state index contributed by atoms with van der Waals surface area (Å²) in [5.74, 6) is -1.96. The van der Waals surface area contributed by atoms with Crippen molar-refractivity contribution in [2.75, 3.05) is 85.3 Å². The summed E-state index contributed by atoms with van der Waals surface area (Å²) in [5.41, 5.74) is 5.51. The number of hydrogen-bond acceptors (Lipinski definition) is 10. The van der Waals surface area contributed by atoms with Gasteiger partial charge in [0.15, 0.2) is 6.73 Å². The molecule has 2 unspecified atom stereocenters. The molecule has 0 bridgehead atoms. The van der Waals surface area contributed by atoms with Crippen LogP contribution in [0.4, 0.5) is 0 Å². The predicted octanol–water partition coefficient (Wildman–Crippen LogP) is -2.68. The van der Waals surface area contributed by atoms with E-state index >= 15 is 0 Å². The van der Waals surface area contributed by atoms with Crippen LogP contribution in [0.3, 0.4) is 0 Å². The molecule has 0 saturated carbocycles. The first-order chi connectivity index (χ1) is 14.2. The van der Waals surface area contributed by atoms with Crippen LogP contribution in [0, 0.1) is 0 Å². The molecule has 1 aliphatic rings. The number of rotatable bonds is 10. The molecule has 0 spiro atoms. The number of β-amino-alcohol motifs (C(OH)–C–C–N with tert-alkyl or cyclic N) is 1. The Morgan fingerprint density at radius 3 is 1.63 bits per heavy atom. The summed E-state index contributed by atoms with van der Waals surface area (Å²) < 4.78 is 15.7. The van der Waals surface area contributed by atoms with Gasteiger partial charge < -0.3 is 21.1 Å². The lowest BCUT2D eigenvalue weighted by atomic mass is 10.3. The van der Waals surface area contributed by atoms with Crippen molar-refractivity contribution in [3.63, 3.8) is 0 Å². The summed E-state index contributed by atoms with van der Waals surface area (Å²) in [6, 6.07) is 0. The highest BCUT2D eigenvalue weighted by molar-refractivity contribution is 7.32. The number of carboxylic acid groups (broad SMARTS) is 2. The standard InChI is InChI=1S/C16H32N5O8P/c17-9-14(22)10-18-1-2-19(11-15(23)24)3-4-20(12-16(25)26)6-8-21(7-5-18)13-29-30(27)28/h14,22H,1-13,17H2,(H2-,23,24,25,26,27,28)/p+1. The number of nitrogens with zero attached hydrogens (tertiary/aromatic N) is 4. The van der Waals surface area contributed by atoms with Gasteiger partial charge in [0.25, 0.3) is 0 Å². The Morgan fingerprint density at radius 1 is 0.867 bits per heavy atom. The lowest BCUT2D eigenvalue weighted by Crippen LogP contribution is -2.49. The van der Waals surface area contributed by atoms with Crippen LogP contribution in [0.25, 0.3) is 0 Å². The Labute approximate surface area is 176 Å². The molecule has 174 valence electrons. The number of aliphatic hydroxyl groups excluding tert-OH is 1. The average Bonchev–Trinajstić information content (AvgIpc) is 2.66. The number of carboxylic acids is 2. The maximum absolute atomic E-state index is 11.2. The Balaban J connectivity index is 2.90. The second-order valence-corrected chi connectivity index (χ2v) is 7.88. The number of aliphatic carboxylic acids is 2. The molecular weight excluding hydrogens is 421 g/mol. The minimum atomic E-state index is -2.76. The molecule has 2 atom stereocenters. The molecule has 14 heteroatoms. The lowest BCUT2D eigenvalue weighted by molar-refractivity contribution is -0.140. The normalized spacial score (nSPS) is 20.8. The number of nitrogens with two attached hydrogens (primary N) is 1. The van der Waals surface area contributed by atoms with Crippen LogP contribution in [0.2, 0.25) is 0 Å². The fraction of sp³-hybridized carbons (Fsp3) is 0.875. The third-order valence-electron chi connectivity index (χ3n) is 4.74. The molecule has 0 aromatic carbocycles. The number of hydrogen-bond donors (Lipinski definition) is 5. The van der Waals surface area contributed by atoms with Gasteiger partial charge in [-0.2, -0.15) is 0 Å². The largest absolute Gasteiger partial charge is 0.696 e. The van der Waals surface area contributed by atoms with E-state index in [4.69, 9.17) is 25.4 Å². The van der Waals surface area contributed by atoms with Crippen LogP contribution >= 0.6 is 8.25 Å². The van der Waals surface area contributed by atoms with E-state index in [0.29, 0.717) is 58.9 Å². The minimum Gasteiger partial charge on any atom is -0.480 e. The maximum Gasteiger partial charge on any atom is 0.696 e. The van der Waals surface area contributed by atoms with Crippen molar-refractivity contribution >= 4 is 20.2 Å². The van der Waals surface area contributed by atoms with Gasteiger partial charge in [0, 0.05) is 70.0 Å². The second-order valence-electron chi connectivity index (χ2n) is 7.14. The molecule has 1 saturated heterocycles. The monoisotopic (exact) mass is 454 g/mol.